The largest absolute Gasteiger partial charge is 0.644 e. The molecule has 0 heterocycles. The Kier molecular flexibility index (Phi) is 18.8. The van der Waals surface area contributed by atoms with Crippen molar-refractivity contribution in [3.8, 4) is 0 Å². The van der Waals surface area contributed by atoms with Gasteiger partial charge in [-0.25, -0.2) is 0 Å². The van der Waals surface area contributed by atoms with E-state index in [1.54, 1.807) is 0 Å². The molecule has 11 nitrogen and oxygen atoms in total. The van der Waals surface area contributed by atoms with Gasteiger partial charge in [-0.1, -0.05) is 0 Å². The second-order valence-corrected chi connectivity index (χ2v) is 51.6. The van der Waals surface area contributed by atoms with E-state index in [0.717, 1.165) is 0 Å². The minimum absolute atomic E-state index is 1.44. The van der Waals surface area contributed by atoms with Crippen LogP contribution >= 0.6 is 0 Å². The van der Waals surface area contributed by atoms with Crippen LogP contribution in [0.2, 0.25) is 137 Å². The van der Waals surface area contributed by atoms with Crippen molar-refractivity contribution >= 4 is 106 Å². The molecule has 0 aliphatic rings. The Bertz CT molecular complexity index is 777. The molecule has 0 atom stereocenters. The van der Waals surface area contributed by atoms with Crippen molar-refractivity contribution in [2.75, 3.05) is 0 Å². The molecule has 0 bridgehead atoms. The summed E-state index contributed by atoms with van der Waals surface area (Å²) in [5.41, 5.74) is 0. The van der Waals surface area contributed by atoms with Crippen molar-refractivity contribution in [3.05, 3.63) is 0 Å². The van der Waals surface area contributed by atoms with Crippen LogP contribution in [0.5, 0.6) is 0 Å². The van der Waals surface area contributed by atoms with Gasteiger partial charge >= 0.3 is 60.7 Å². The first-order chi connectivity index (χ1) is 19.3. The summed E-state index contributed by atoms with van der Waals surface area (Å²) in [7, 11) is -29.3. The minimum atomic E-state index is -4.17. The summed E-state index contributed by atoms with van der Waals surface area (Å²) >= 11 is 0. The fourth-order valence-electron chi connectivity index (χ4n) is 5.17. The predicted octanol–water partition coefficient (Wildman–Crippen LogP) is 5.60. The van der Waals surface area contributed by atoms with Crippen LogP contribution in [0, 0.1) is 0 Å². The average Bonchev–Trinajstić information content (AvgIpc) is 2.57. The summed E-state index contributed by atoms with van der Waals surface area (Å²) in [6.45, 7) is 43.6. The third kappa shape index (κ3) is 20.6. The predicted molar refractivity (Wildman–Crippen MR) is 211 cm³/mol. The van der Waals surface area contributed by atoms with Gasteiger partial charge in [0.25, 0.3) is 0 Å². The Balaban J connectivity index is 7.50. The highest BCUT2D eigenvalue weighted by Crippen LogP contribution is 2.34. The van der Waals surface area contributed by atoms with Crippen LogP contribution in [-0.2, 0) is 45.3 Å². The van der Waals surface area contributed by atoms with Gasteiger partial charge in [-0.15, -0.1) is 0 Å². The van der Waals surface area contributed by atoms with Gasteiger partial charge in [-0.3, -0.25) is 0 Å². The fourth-order valence-corrected chi connectivity index (χ4v) is 52.1. The van der Waals surface area contributed by atoms with Gasteiger partial charge in [0.05, 0.1) is 0 Å². The monoisotopic (exact) mass is 832 g/mol. The average molecular weight is 834 g/mol. The molecule has 0 fully saturated rings. The zero-order chi connectivity index (χ0) is 35.2. The third-order valence-electron chi connectivity index (χ3n) is 4.88. The Morgan fingerprint density at radius 1 is 0.273 bits per heavy atom. The van der Waals surface area contributed by atoms with E-state index in [2.05, 4.69) is 65.5 Å². The molecule has 0 aromatic rings. The summed E-state index contributed by atoms with van der Waals surface area (Å²) in [6.07, 6.45) is 0. The van der Waals surface area contributed by atoms with Crippen LogP contribution < -0.4 is 0 Å². The first kappa shape index (κ1) is 46.2. The van der Waals surface area contributed by atoms with Crippen molar-refractivity contribution < 1.29 is 45.3 Å². The third-order valence-corrected chi connectivity index (χ3v) is 43.9. The molecular weight excluding hydrogens is 765 g/mol. The molecule has 0 rings (SSSR count). The van der Waals surface area contributed by atoms with Gasteiger partial charge in [0, 0.05) is 6.55 Å². The SMILES string of the molecule is C[SiH](C)O[Si](C)(C)O[Si](C)(O[Si](C)(C)O[SiH](C)C)O[Si](O[Si](C)(C)O[SiH](C)C)(O[Si](C)(C)O[SiH](C)C)O[Si](C)(C)O[SiH](C)C. The summed E-state index contributed by atoms with van der Waals surface area (Å²) in [5, 5.41) is 0. The van der Waals surface area contributed by atoms with Crippen LogP contribution in [0.1, 0.15) is 0 Å². The maximum Gasteiger partial charge on any atom is 0.644 e. The highest BCUT2D eigenvalue weighted by Gasteiger charge is 2.64. The van der Waals surface area contributed by atoms with E-state index >= 15 is 0 Å². The van der Waals surface area contributed by atoms with Crippen molar-refractivity contribution in [2.24, 2.45) is 0 Å². The first-order valence-electron chi connectivity index (χ1n) is 15.9. The smallest absolute Gasteiger partial charge is 0.439 e. The highest BCUT2D eigenvalue weighted by atomic mass is 28.6. The van der Waals surface area contributed by atoms with E-state index < -0.39 is 106 Å². The van der Waals surface area contributed by atoms with Crippen LogP contribution in [0.3, 0.4) is 0 Å². The molecule has 0 amide bonds. The molecule has 0 aliphatic carbocycles. The lowest BCUT2D eigenvalue weighted by Gasteiger charge is -2.47. The maximum atomic E-state index is 7.23. The molecule has 0 aromatic heterocycles. The lowest BCUT2D eigenvalue weighted by atomic mass is 11.9. The second-order valence-electron chi connectivity index (χ2n) is 14.8. The molecule has 0 saturated carbocycles. The topological polar surface area (TPSA) is 102 Å². The van der Waals surface area contributed by atoms with Gasteiger partial charge in [0.15, 0.2) is 45.2 Å². The molecular formula is C21H68O11Si12. The highest BCUT2D eigenvalue weighted by molar-refractivity contribution is 6.93. The van der Waals surface area contributed by atoms with Crippen LogP contribution in [-0.4, -0.2) is 106 Å². The molecule has 266 valence electrons. The van der Waals surface area contributed by atoms with Crippen molar-refractivity contribution in [1.82, 2.24) is 0 Å². The molecule has 44 heavy (non-hydrogen) atoms. The number of hydrogen-bond donors (Lipinski definition) is 0. The Hall–Kier alpha value is 2.16. The summed E-state index contributed by atoms with van der Waals surface area (Å²) < 4.78 is 74.9. The minimum Gasteiger partial charge on any atom is -0.439 e. The summed E-state index contributed by atoms with van der Waals surface area (Å²) in [4.78, 5) is 0. The van der Waals surface area contributed by atoms with Gasteiger partial charge in [0.1, 0.15) is 0 Å². The van der Waals surface area contributed by atoms with Crippen molar-refractivity contribution in [3.63, 3.8) is 0 Å². The molecule has 0 aliphatic heterocycles. The Morgan fingerprint density at radius 2 is 0.455 bits per heavy atom. The van der Waals surface area contributed by atoms with E-state index in [4.69, 9.17) is 45.3 Å². The molecule has 0 N–H and O–H groups in total. The molecule has 0 spiro atoms. The van der Waals surface area contributed by atoms with E-state index in [1.807, 2.05) is 72.0 Å². The van der Waals surface area contributed by atoms with Crippen LogP contribution in [0.15, 0.2) is 0 Å². The van der Waals surface area contributed by atoms with Crippen LogP contribution in [0.25, 0.3) is 0 Å². The number of rotatable bonds is 22. The quantitative estimate of drug-likeness (QED) is 0.128. The van der Waals surface area contributed by atoms with Gasteiger partial charge in [-0.2, -0.15) is 0 Å². The second kappa shape index (κ2) is 17.9. The van der Waals surface area contributed by atoms with E-state index in [0.29, 0.717) is 0 Å². The lowest BCUT2D eigenvalue weighted by molar-refractivity contribution is 0.0809. The fraction of sp³-hybridized carbons (Fsp3) is 1.00. The molecule has 0 unspecified atom stereocenters. The first-order valence-corrected chi connectivity index (χ1v) is 47.8. The van der Waals surface area contributed by atoms with Crippen LogP contribution in [0.4, 0.5) is 0 Å². The van der Waals surface area contributed by atoms with Crippen molar-refractivity contribution in [1.29, 1.82) is 0 Å². The molecule has 0 radical (unpaired) electrons. The molecule has 0 aromatic carbocycles. The Labute approximate surface area is 287 Å². The van der Waals surface area contributed by atoms with E-state index in [9.17, 15) is 0 Å². The number of hydrogen-bond acceptors (Lipinski definition) is 11. The lowest BCUT2D eigenvalue weighted by Crippen LogP contribution is -2.72. The maximum absolute atomic E-state index is 7.23. The summed E-state index contributed by atoms with van der Waals surface area (Å²) in [5.74, 6) is 0. The van der Waals surface area contributed by atoms with Gasteiger partial charge in [-0.05, 0) is 131 Å². The van der Waals surface area contributed by atoms with Gasteiger partial charge in [0.2, 0.25) is 0 Å². The van der Waals surface area contributed by atoms with E-state index in [1.165, 1.54) is 0 Å². The van der Waals surface area contributed by atoms with Crippen molar-refractivity contribution in [2.45, 2.75) is 137 Å². The molecule has 0 saturated heterocycles. The summed E-state index contributed by atoms with van der Waals surface area (Å²) in [6, 6.07) is 0. The zero-order valence-electron chi connectivity index (χ0n) is 31.9. The zero-order valence-corrected chi connectivity index (χ0v) is 44.7. The Morgan fingerprint density at radius 3 is 0.636 bits per heavy atom. The van der Waals surface area contributed by atoms with Gasteiger partial charge < -0.3 is 45.3 Å². The van der Waals surface area contributed by atoms with E-state index in [-0.39, 0.29) is 0 Å². The molecule has 23 heteroatoms. The standard InChI is InChI=1S/C21H68O11Si12/c1-33(2)22-38(11,12)27-43(21,28-39(13,14)23-34(3)4)32-44(29-40(15,16)24-35(5)6,30-41(17,18)25-36(7)8)31-42(19,20)26-37(9)10/h33-37H,1-21H3. The normalized spacial score (nSPS) is 15.1.